The van der Waals surface area contributed by atoms with Crippen molar-refractivity contribution in [2.24, 2.45) is 62.1 Å². The molecule has 792 valence electrons. The number of carboxylic acids is 1. The molecule has 138 heavy (non-hydrogen) atoms. The summed E-state index contributed by atoms with van der Waals surface area (Å²) < 4.78 is 108. The van der Waals surface area contributed by atoms with Crippen molar-refractivity contribution >= 4 is 30.2 Å². The molecule has 8 heterocycles. The quantitative estimate of drug-likeness (QED) is 0.00924. The van der Waals surface area contributed by atoms with Gasteiger partial charge in [-0.05, 0) is 123 Å². The zero-order chi connectivity index (χ0) is 101. The fraction of sp³-hybridized carbons (Fsp3) is 0.924. The Hall–Kier alpha value is -4.19. The first-order chi connectivity index (χ1) is 64.8. The number of aldehydes is 1. The van der Waals surface area contributed by atoms with Crippen LogP contribution in [0, 0.1) is 62.1 Å². The van der Waals surface area contributed by atoms with Crippen molar-refractivity contribution in [2.45, 2.75) is 431 Å². The molecule has 0 unspecified atom stereocenters. The number of aliphatic hydroxyl groups excluding tert-OH is 21. The molecule has 8 saturated heterocycles. The standard InChI is InChI=1S/C92H148O46/c1-13-36(3)46(126-54(102)25-41(98)24-47(37(4)14-2)127-80-62(110)58(106)49(30-94)128-80)23-40(97)26-55(103)131-69-39(6)125-82(73(65(69)113)136-79-64(112)60(108)68(38(5)124-79)132-78-67(115)70(45(100)32-122-78)133-84-75(116)91(120,34-96)35-123-84)138-85(119)92-22-21-86(7,8)27-43(92)42-15-16-51-87(9)19-18-53(88(10,33-95)50(87)17-20-89(51,11)90(42,12)28-52(92)101)130-83-74(137-81-63(111)59(107)57(105)48(29-93)129-81)71(66(114)72(135-83)76(117)118)134-77-61(109)56(104)44(99)31-121-77/h15,33,36-41,43-53,56-75,77-84,93-94,96-101,104-116,120H,13-14,16-32,34-35H2,1-12H3,(H,117,118)/t36-,37+,38+,39-,40+,41+,43+,44-,45-,46-,47+,48-,49+,50-,51-,52-,53+,56+,57+,58+,59+,60+,61-,62-,63-,64-,65+,66+,67-,68+,69+,70+,71+,72+,73-,74-,75+,77+,78+,79+,80-,81+,82+,83-,84+,87+,88+,89-,90-,91-,92-/m1/s1. The summed E-state index contributed by atoms with van der Waals surface area (Å²) in [5.41, 5.74) is -7.70. The number of fused-ring (bicyclic) bond motifs is 7. The first kappa shape index (κ1) is 111. The molecule has 0 aromatic rings. The zero-order valence-corrected chi connectivity index (χ0v) is 79.7. The molecule has 13 rings (SSSR count). The van der Waals surface area contributed by atoms with Crippen LogP contribution >= 0.6 is 0 Å². The molecule has 0 radical (unpaired) electrons. The molecule has 46 heteroatoms. The number of carboxylic acid groups (broad SMARTS) is 1. The molecule has 51 atom stereocenters. The van der Waals surface area contributed by atoms with Crippen LogP contribution < -0.4 is 0 Å². The number of ether oxygens (including phenoxy) is 18. The Kier molecular flexibility index (Phi) is 35.5. The minimum Gasteiger partial charge on any atom is -0.479 e. The fourth-order valence-electron chi connectivity index (χ4n) is 24.1. The van der Waals surface area contributed by atoms with E-state index in [1.54, 1.807) is 27.7 Å². The zero-order valence-electron chi connectivity index (χ0n) is 79.7. The third-order valence-corrected chi connectivity index (χ3v) is 33.3. The summed E-state index contributed by atoms with van der Waals surface area (Å²) in [7, 11) is 0. The van der Waals surface area contributed by atoms with Crippen LogP contribution in [0.3, 0.4) is 0 Å². The van der Waals surface area contributed by atoms with Gasteiger partial charge in [0.15, 0.2) is 62.3 Å². The molecule has 4 saturated carbocycles. The van der Waals surface area contributed by atoms with Crippen molar-refractivity contribution < 1.29 is 227 Å². The maximum Gasteiger partial charge on any atom is 0.335 e. The van der Waals surface area contributed by atoms with Crippen LogP contribution in [0.2, 0.25) is 0 Å². The number of carbonyl (C=O) groups excluding carboxylic acids is 4. The van der Waals surface area contributed by atoms with E-state index in [1.165, 1.54) is 13.8 Å². The third-order valence-electron chi connectivity index (χ3n) is 33.3. The lowest BCUT2D eigenvalue weighted by molar-refractivity contribution is -0.391. The van der Waals surface area contributed by atoms with Crippen LogP contribution in [0.1, 0.15) is 179 Å². The number of aliphatic hydroxyl groups is 22. The van der Waals surface area contributed by atoms with E-state index in [0.717, 1.165) is 11.9 Å². The van der Waals surface area contributed by atoms with Gasteiger partial charge in [0.2, 0.25) is 6.29 Å². The molecule has 13 aliphatic rings. The van der Waals surface area contributed by atoms with E-state index < -0.39 is 378 Å². The average Bonchev–Trinajstić information content (AvgIpc) is 0.707. The summed E-state index contributed by atoms with van der Waals surface area (Å²) in [6.45, 7) is 17.6. The van der Waals surface area contributed by atoms with Gasteiger partial charge >= 0.3 is 23.9 Å². The molecule has 12 fully saturated rings. The van der Waals surface area contributed by atoms with Gasteiger partial charge in [0.25, 0.3) is 0 Å². The normalized spacial score (nSPS) is 48.7. The van der Waals surface area contributed by atoms with E-state index in [0.29, 0.717) is 51.4 Å². The monoisotopic (exact) mass is 1990 g/mol. The number of hydrogen-bond donors (Lipinski definition) is 23. The molecule has 0 amide bonds. The lowest BCUT2D eigenvalue weighted by atomic mass is 9.33. The summed E-state index contributed by atoms with van der Waals surface area (Å²) in [6.07, 6.45) is -66.5. The maximum atomic E-state index is 16.4. The van der Waals surface area contributed by atoms with E-state index in [4.69, 9.17) is 85.3 Å². The predicted molar refractivity (Wildman–Crippen MR) is 458 cm³/mol. The molecule has 0 bridgehead atoms. The smallest absolute Gasteiger partial charge is 0.335 e. The second-order valence-electron chi connectivity index (χ2n) is 42.6. The molecular formula is C92H148O46. The van der Waals surface area contributed by atoms with E-state index in [-0.39, 0.29) is 43.9 Å². The molecule has 46 nitrogen and oxygen atoms in total. The Morgan fingerprint density at radius 1 is 0.507 bits per heavy atom. The van der Waals surface area contributed by atoms with Gasteiger partial charge in [-0.25, -0.2) is 4.79 Å². The highest BCUT2D eigenvalue weighted by Crippen LogP contribution is 2.76. The van der Waals surface area contributed by atoms with Gasteiger partial charge in [-0.3, -0.25) is 14.4 Å². The molecule has 5 aliphatic carbocycles. The lowest BCUT2D eigenvalue weighted by Gasteiger charge is -2.71. The summed E-state index contributed by atoms with van der Waals surface area (Å²) >= 11 is 0. The maximum absolute atomic E-state index is 16.4. The fourth-order valence-corrected chi connectivity index (χ4v) is 24.1. The molecular weight excluding hydrogens is 1840 g/mol. The second-order valence-corrected chi connectivity index (χ2v) is 42.6. The Morgan fingerprint density at radius 2 is 1.06 bits per heavy atom. The minimum atomic E-state index is -2.27. The molecule has 0 aromatic heterocycles. The van der Waals surface area contributed by atoms with Gasteiger partial charge in [-0.1, -0.05) is 93.7 Å². The SMILES string of the molecule is CC[C@@H](C)[C@@H](C[C@H](O)CC(=O)O[C@@H]1[C@H](O)[C@@H](O[C@@H]2O[C@@H](C)[C@H](O[C@@H]3OC[C@@H](O)[C@H](O[C@@H]4OC[C@](O)(CO)[C@H]4O)[C@H]3O)[C@@H](O)[C@H]2O)[C@H](OC(=O)[C@]23CCC(C)(C)C[C@H]2C2=CC[C@@H]4[C@@]5(C)CC[C@H](O[C@@H]6O[C@H](C(=O)O)[C@@H](O)[C@H](O[C@@H]7OC[C@@H](O)[C@H](O)[C@H]7O)[C@H]6O[C@@H]6O[C@H](CO)[C@H](O)[C@H](O)[C@H]6O)[C@@](C)(C=O)[C@@H]5CC[C@@]4(C)[C@]2(C)C[C@H]3O)O[C@@H]1C)OC(=O)C[C@@H](O)C[C@H](O[C@@H]1O[C@@H](CO)[C@H](O)[C@H]1O)[C@@H](C)CC. The number of carbonyl (C=O) groups is 5. The van der Waals surface area contributed by atoms with Gasteiger partial charge in [0, 0.05) is 12.8 Å². The van der Waals surface area contributed by atoms with Crippen LogP contribution in [0.4, 0.5) is 0 Å². The van der Waals surface area contributed by atoms with E-state index in [1.807, 2.05) is 20.8 Å². The second kappa shape index (κ2) is 44.1. The number of hydrogen-bond acceptors (Lipinski definition) is 45. The first-order valence-corrected chi connectivity index (χ1v) is 48.3. The van der Waals surface area contributed by atoms with Crippen molar-refractivity contribution in [1.29, 1.82) is 0 Å². The predicted octanol–water partition coefficient (Wildman–Crippen LogP) is -5.69. The van der Waals surface area contributed by atoms with Crippen LogP contribution in [0.5, 0.6) is 0 Å². The summed E-state index contributed by atoms with van der Waals surface area (Å²) in [5, 5.41) is 256. The number of rotatable bonds is 35. The number of aliphatic carboxylic acids is 1. The molecule has 23 N–H and O–H groups in total. The molecule has 0 aromatic carbocycles. The average molecular weight is 1990 g/mol. The van der Waals surface area contributed by atoms with Crippen LogP contribution in [0.15, 0.2) is 11.6 Å². The van der Waals surface area contributed by atoms with E-state index >= 15 is 4.79 Å². The highest BCUT2D eigenvalue weighted by atomic mass is 16.8. The Balaban J connectivity index is 0.748. The largest absolute Gasteiger partial charge is 0.479 e. The highest BCUT2D eigenvalue weighted by molar-refractivity contribution is 5.80. The Labute approximate surface area is 797 Å². The number of allylic oxidation sites excluding steroid dienone is 2. The van der Waals surface area contributed by atoms with Gasteiger partial charge in [0.05, 0.1) is 101 Å². The summed E-state index contributed by atoms with van der Waals surface area (Å²) in [5.74, 6) is -7.25. The van der Waals surface area contributed by atoms with Crippen LogP contribution in [-0.2, 0) is 109 Å². The number of esters is 3. The minimum absolute atomic E-state index is 0.0127. The van der Waals surface area contributed by atoms with Crippen LogP contribution in [0.25, 0.3) is 0 Å². The van der Waals surface area contributed by atoms with Crippen molar-refractivity contribution in [3.05, 3.63) is 11.6 Å². The Morgan fingerprint density at radius 3 is 1.69 bits per heavy atom. The van der Waals surface area contributed by atoms with E-state index in [2.05, 4.69) is 26.8 Å². The van der Waals surface area contributed by atoms with Gasteiger partial charge < -0.3 is 208 Å². The topological polar surface area (TPSA) is 717 Å². The molecule has 8 aliphatic heterocycles. The lowest BCUT2D eigenvalue weighted by Crippen LogP contribution is -2.69. The van der Waals surface area contributed by atoms with Crippen LogP contribution in [-0.4, -0.2) is 439 Å². The van der Waals surface area contributed by atoms with Crippen molar-refractivity contribution in [3.63, 3.8) is 0 Å². The van der Waals surface area contributed by atoms with Gasteiger partial charge in [-0.2, -0.15) is 0 Å². The summed E-state index contributed by atoms with van der Waals surface area (Å²) in [4.78, 5) is 72.1. The van der Waals surface area contributed by atoms with Crippen molar-refractivity contribution in [1.82, 2.24) is 0 Å². The molecule has 0 spiro atoms. The Bertz CT molecular complexity index is 4100. The third kappa shape index (κ3) is 21.4. The van der Waals surface area contributed by atoms with Gasteiger partial charge in [-0.15, -0.1) is 0 Å². The van der Waals surface area contributed by atoms with Crippen molar-refractivity contribution in [3.8, 4) is 0 Å². The van der Waals surface area contributed by atoms with E-state index in [9.17, 15) is 137 Å². The first-order valence-electron chi connectivity index (χ1n) is 48.3. The van der Waals surface area contributed by atoms with Gasteiger partial charge in [0.1, 0.15) is 152 Å². The summed E-state index contributed by atoms with van der Waals surface area (Å²) in [6, 6.07) is 0. The van der Waals surface area contributed by atoms with Crippen molar-refractivity contribution in [2.75, 3.05) is 39.6 Å². The highest BCUT2D eigenvalue weighted by Gasteiger charge is 2.74.